The molecule has 0 radical (unpaired) electrons. The maximum absolute atomic E-state index is 12.1. The third-order valence-electron chi connectivity index (χ3n) is 4.35. The molecule has 1 aliphatic carbocycles. The Balaban J connectivity index is 2.01. The Hall–Kier alpha value is -0.410. The van der Waals surface area contributed by atoms with Gasteiger partial charge in [0.25, 0.3) is 0 Å². The van der Waals surface area contributed by atoms with Gasteiger partial charge in [-0.3, -0.25) is 4.79 Å². The average Bonchev–Trinajstić information content (AvgIpc) is 2.29. The smallest absolute Gasteiger partial charge is 0.137 e. The first-order valence-corrected chi connectivity index (χ1v) is 6.82. The van der Waals surface area contributed by atoms with E-state index in [1.54, 1.807) is 0 Å². The molecule has 3 heteroatoms. The van der Waals surface area contributed by atoms with E-state index in [0.717, 1.165) is 32.4 Å². The first-order valence-electron chi connectivity index (χ1n) is 6.82. The number of nitrogens with one attached hydrogen (secondary N) is 1. The third-order valence-corrected chi connectivity index (χ3v) is 4.35. The minimum atomic E-state index is 0.174. The van der Waals surface area contributed by atoms with Crippen molar-refractivity contribution in [3.05, 3.63) is 0 Å². The minimum absolute atomic E-state index is 0.174. The second-order valence-electron chi connectivity index (χ2n) is 6.55. The van der Waals surface area contributed by atoms with Crippen LogP contribution in [0.5, 0.6) is 0 Å². The van der Waals surface area contributed by atoms with Gasteiger partial charge in [0.2, 0.25) is 0 Å². The normalized spacial score (nSPS) is 35.9. The van der Waals surface area contributed by atoms with E-state index >= 15 is 0 Å². The van der Waals surface area contributed by atoms with Gasteiger partial charge >= 0.3 is 0 Å². The lowest BCUT2D eigenvalue weighted by Gasteiger charge is -2.40. The minimum Gasteiger partial charge on any atom is -0.378 e. The molecule has 3 nitrogen and oxygen atoms in total. The molecule has 17 heavy (non-hydrogen) atoms. The van der Waals surface area contributed by atoms with Crippen molar-refractivity contribution in [2.75, 3.05) is 19.8 Å². The van der Waals surface area contributed by atoms with Crippen molar-refractivity contribution in [1.29, 1.82) is 0 Å². The topological polar surface area (TPSA) is 38.3 Å². The summed E-state index contributed by atoms with van der Waals surface area (Å²) in [6.07, 6.45) is 2.85. The van der Waals surface area contributed by atoms with Crippen LogP contribution in [0, 0.1) is 17.3 Å². The molecule has 1 saturated heterocycles. The van der Waals surface area contributed by atoms with E-state index < -0.39 is 0 Å². The van der Waals surface area contributed by atoms with E-state index in [9.17, 15) is 4.79 Å². The van der Waals surface area contributed by atoms with Crippen LogP contribution in [0.25, 0.3) is 0 Å². The molecule has 2 fully saturated rings. The van der Waals surface area contributed by atoms with Crippen LogP contribution in [0.3, 0.4) is 0 Å². The highest BCUT2D eigenvalue weighted by Gasteiger charge is 2.39. The predicted octanol–water partition coefficient (Wildman–Crippen LogP) is 2.01. The summed E-state index contributed by atoms with van der Waals surface area (Å²) in [5, 5.41) is 3.45. The Morgan fingerprint density at radius 2 is 2.12 bits per heavy atom. The second-order valence-corrected chi connectivity index (χ2v) is 6.55. The number of carbonyl (C=O) groups excluding carboxylic acids is 1. The fraction of sp³-hybridized carbons (Fsp3) is 0.929. The van der Waals surface area contributed by atoms with Crippen molar-refractivity contribution in [2.24, 2.45) is 17.3 Å². The van der Waals surface area contributed by atoms with Gasteiger partial charge in [0.1, 0.15) is 5.78 Å². The molecule has 0 bridgehead atoms. The van der Waals surface area contributed by atoms with Gasteiger partial charge in [0, 0.05) is 24.9 Å². The molecule has 1 saturated carbocycles. The van der Waals surface area contributed by atoms with E-state index in [4.69, 9.17) is 4.74 Å². The van der Waals surface area contributed by atoms with E-state index in [1.807, 2.05) is 0 Å². The van der Waals surface area contributed by atoms with Gasteiger partial charge in [-0.2, -0.15) is 0 Å². The fourth-order valence-electron chi connectivity index (χ4n) is 3.08. The number of Topliss-reactive ketones (excluding diaryl/α,β-unsaturated/α-hetero) is 1. The van der Waals surface area contributed by atoms with E-state index in [1.165, 1.54) is 0 Å². The summed E-state index contributed by atoms with van der Waals surface area (Å²) in [5.74, 6) is 1.27. The average molecular weight is 239 g/mol. The highest BCUT2D eigenvalue weighted by Crippen LogP contribution is 2.40. The van der Waals surface area contributed by atoms with Crippen LogP contribution >= 0.6 is 0 Å². The lowest BCUT2D eigenvalue weighted by Crippen LogP contribution is -2.50. The largest absolute Gasteiger partial charge is 0.378 e. The number of ether oxygens (including phenoxy) is 1. The fourth-order valence-corrected chi connectivity index (χ4v) is 3.08. The van der Waals surface area contributed by atoms with Crippen LogP contribution in [0.15, 0.2) is 0 Å². The van der Waals surface area contributed by atoms with E-state index in [2.05, 4.69) is 26.1 Å². The maximum Gasteiger partial charge on any atom is 0.137 e. The number of carbonyl (C=O) groups is 1. The third kappa shape index (κ3) is 3.08. The Labute approximate surface area is 104 Å². The predicted molar refractivity (Wildman–Crippen MR) is 67.9 cm³/mol. The van der Waals surface area contributed by atoms with Crippen molar-refractivity contribution in [1.82, 2.24) is 5.32 Å². The molecule has 0 aromatic heterocycles. The molecule has 1 aliphatic heterocycles. The van der Waals surface area contributed by atoms with Crippen LogP contribution in [-0.2, 0) is 9.53 Å². The zero-order valence-corrected chi connectivity index (χ0v) is 11.3. The molecule has 2 aliphatic rings. The van der Waals surface area contributed by atoms with Gasteiger partial charge in [-0.25, -0.2) is 0 Å². The Bertz CT molecular complexity index is 276. The molecule has 0 spiro atoms. The summed E-state index contributed by atoms with van der Waals surface area (Å²) in [4.78, 5) is 12.1. The lowest BCUT2D eigenvalue weighted by molar-refractivity contribution is -0.129. The summed E-state index contributed by atoms with van der Waals surface area (Å²) in [6, 6.07) is 0.251. The second kappa shape index (κ2) is 5.07. The Morgan fingerprint density at radius 1 is 1.35 bits per heavy atom. The van der Waals surface area contributed by atoms with Crippen molar-refractivity contribution in [2.45, 2.75) is 46.1 Å². The maximum atomic E-state index is 12.1. The molecular formula is C14H25NO2. The van der Waals surface area contributed by atoms with Crippen molar-refractivity contribution in [3.63, 3.8) is 0 Å². The molecule has 98 valence electrons. The number of hydrogen-bond acceptors (Lipinski definition) is 3. The van der Waals surface area contributed by atoms with Crippen molar-refractivity contribution < 1.29 is 9.53 Å². The highest BCUT2D eigenvalue weighted by molar-refractivity contribution is 5.82. The molecule has 1 N–H and O–H groups in total. The molecule has 1 heterocycles. The summed E-state index contributed by atoms with van der Waals surface area (Å²) in [6.45, 7) is 9.22. The Morgan fingerprint density at radius 3 is 2.71 bits per heavy atom. The summed E-state index contributed by atoms with van der Waals surface area (Å²) in [7, 11) is 0. The number of morpholine rings is 1. The van der Waals surface area contributed by atoms with Gasteiger partial charge < -0.3 is 10.1 Å². The van der Waals surface area contributed by atoms with Crippen LogP contribution in [-0.4, -0.2) is 31.6 Å². The molecular weight excluding hydrogens is 214 g/mol. The molecule has 0 aromatic rings. The number of rotatable bonds is 1. The standard InChI is InChI=1S/C14H25NO2/c1-14(2,3)10-4-5-13(16)11(8-10)12-9-17-7-6-15-12/h10-12,15H,4-9H2,1-3H3. The quantitative estimate of drug-likeness (QED) is 0.760. The first kappa shape index (κ1) is 13.0. The van der Waals surface area contributed by atoms with Gasteiger partial charge in [-0.1, -0.05) is 20.8 Å². The summed E-state index contributed by atoms with van der Waals surface area (Å²) >= 11 is 0. The summed E-state index contributed by atoms with van der Waals surface area (Å²) in [5.41, 5.74) is 0.314. The number of ketones is 1. The zero-order chi connectivity index (χ0) is 12.5. The zero-order valence-electron chi connectivity index (χ0n) is 11.3. The van der Waals surface area contributed by atoms with Crippen LogP contribution in [0.1, 0.15) is 40.0 Å². The highest BCUT2D eigenvalue weighted by atomic mass is 16.5. The SMILES string of the molecule is CC(C)(C)C1CCC(=O)C(C2COCCN2)C1. The molecule has 0 aromatic carbocycles. The van der Waals surface area contributed by atoms with Crippen molar-refractivity contribution >= 4 is 5.78 Å². The molecule has 0 amide bonds. The Kier molecular flexibility index (Phi) is 3.88. The molecule has 2 rings (SSSR count). The van der Waals surface area contributed by atoms with Crippen LogP contribution < -0.4 is 5.32 Å². The van der Waals surface area contributed by atoms with E-state index in [-0.39, 0.29) is 12.0 Å². The lowest BCUT2D eigenvalue weighted by atomic mass is 9.67. The van der Waals surface area contributed by atoms with Crippen molar-refractivity contribution in [3.8, 4) is 0 Å². The van der Waals surface area contributed by atoms with Gasteiger partial charge in [0.05, 0.1) is 13.2 Å². The van der Waals surface area contributed by atoms with Crippen LogP contribution in [0.2, 0.25) is 0 Å². The van der Waals surface area contributed by atoms with Crippen LogP contribution in [0.4, 0.5) is 0 Å². The van der Waals surface area contributed by atoms with E-state index in [0.29, 0.717) is 23.7 Å². The van der Waals surface area contributed by atoms with Gasteiger partial charge in [0.15, 0.2) is 0 Å². The van der Waals surface area contributed by atoms with Gasteiger partial charge in [-0.05, 0) is 24.2 Å². The molecule has 3 atom stereocenters. The number of hydrogen-bond donors (Lipinski definition) is 1. The summed E-state index contributed by atoms with van der Waals surface area (Å²) < 4.78 is 5.49. The first-order chi connectivity index (χ1) is 7.98. The monoisotopic (exact) mass is 239 g/mol. The molecule has 3 unspecified atom stereocenters. The van der Waals surface area contributed by atoms with Gasteiger partial charge in [-0.15, -0.1) is 0 Å².